The smallest absolute Gasteiger partial charge is 0.0801 e. The molecular weight excluding hydrogens is 114 g/mol. The van der Waals surface area contributed by atoms with Gasteiger partial charge in [0.15, 0.2) is 0 Å². The third-order valence-corrected chi connectivity index (χ3v) is 1.07. The zero-order valence-corrected chi connectivity index (χ0v) is 4.53. The van der Waals surface area contributed by atoms with Crippen LogP contribution in [0.25, 0.3) is 0 Å². The van der Waals surface area contributed by atoms with E-state index in [1.165, 1.54) is 5.54 Å². The first-order valence-corrected chi connectivity index (χ1v) is 2.54. The number of nitrogens with one attached hydrogen (secondary N) is 1. The molecule has 1 aliphatic rings. The number of rotatable bonds is 0. The molecule has 0 bridgehead atoms. The Morgan fingerprint density at radius 1 is 1.86 bits per heavy atom. The Morgan fingerprint density at radius 3 is 3.00 bits per heavy atom. The summed E-state index contributed by atoms with van der Waals surface area (Å²) in [5.74, 6) is 0. The molecule has 40 valence electrons. The lowest BCUT2D eigenvalue weighted by molar-refractivity contribution is 0.112. The normalized spacial score (nSPS) is 25.6. The van der Waals surface area contributed by atoms with E-state index < -0.39 is 0 Å². The molecule has 1 rings (SSSR count). The summed E-state index contributed by atoms with van der Waals surface area (Å²) >= 11 is 5.30. The molecule has 0 radical (unpaired) electrons. The minimum atomic E-state index is 0.735. The van der Waals surface area contributed by atoms with Crippen LogP contribution in [0.4, 0.5) is 0 Å². The van der Waals surface area contributed by atoms with Crippen LogP contribution < -0.4 is 5.48 Å². The zero-order valence-electron chi connectivity index (χ0n) is 3.78. The monoisotopic (exact) mass is 119 g/mol. The van der Waals surface area contributed by atoms with Crippen molar-refractivity contribution in [1.29, 1.82) is 0 Å². The predicted octanol–water partition coefficient (Wildman–Crippen LogP) is 0.992. The topological polar surface area (TPSA) is 21.3 Å². The Balaban J connectivity index is 2.41. The van der Waals surface area contributed by atoms with Crippen LogP contribution in [0.2, 0.25) is 0 Å². The molecular formula is C4H6ClNO. The van der Waals surface area contributed by atoms with Gasteiger partial charge in [-0.3, -0.25) is 10.3 Å². The quantitative estimate of drug-likeness (QED) is 0.514. The van der Waals surface area contributed by atoms with Crippen LogP contribution in [-0.4, -0.2) is 6.61 Å². The SMILES string of the molecule is ClC=C1CCON1. The standard InChI is InChI=1S/C4H6ClNO/c5-3-4-1-2-7-6-4/h3,6H,1-2H2. The van der Waals surface area contributed by atoms with E-state index in [1.807, 2.05) is 0 Å². The molecule has 1 aliphatic heterocycles. The van der Waals surface area contributed by atoms with E-state index in [4.69, 9.17) is 16.4 Å². The van der Waals surface area contributed by atoms with Gasteiger partial charge in [-0.05, 0) is 0 Å². The predicted molar refractivity (Wildman–Crippen MR) is 27.6 cm³/mol. The van der Waals surface area contributed by atoms with Crippen molar-refractivity contribution in [2.75, 3.05) is 6.61 Å². The van der Waals surface area contributed by atoms with Gasteiger partial charge in [0.2, 0.25) is 0 Å². The number of hydroxylamine groups is 1. The summed E-state index contributed by atoms with van der Waals surface area (Å²) in [5.41, 5.74) is 5.09. The molecule has 0 aliphatic carbocycles. The summed E-state index contributed by atoms with van der Waals surface area (Å²) in [6.45, 7) is 0.735. The van der Waals surface area contributed by atoms with Gasteiger partial charge in [-0.2, -0.15) is 0 Å². The Kier molecular flexibility index (Phi) is 1.54. The Morgan fingerprint density at radius 2 is 2.71 bits per heavy atom. The first-order valence-electron chi connectivity index (χ1n) is 2.10. The summed E-state index contributed by atoms with van der Waals surface area (Å²) in [5, 5.41) is 0. The number of halogens is 1. The van der Waals surface area contributed by atoms with E-state index in [0.717, 1.165) is 18.7 Å². The zero-order chi connectivity index (χ0) is 5.11. The average Bonchev–Trinajstić information content (AvgIpc) is 2.14. The van der Waals surface area contributed by atoms with Crippen LogP contribution in [0, 0.1) is 0 Å². The third kappa shape index (κ3) is 1.08. The summed E-state index contributed by atoms with van der Waals surface area (Å²) in [6, 6.07) is 0. The minimum Gasteiger partial charge on any atom is -0.276 e. The Labute approximate surface area is 47.1 Å². The second-order valence-corrected chi connectivity index (χ2v) is 1.55. The van der Waals surface area contributed by atoms with Gasteiger partial charge in [-0.25, -0.2) is 0 Å². The molecule has 0 unspecified atom stereocenters. The number of hydrogen-bond acceptors (Lipinski definition) is 2. The molecule has 0 aromatic rings. The highest BCUT2D eigenvalue weighted by Gasteiger charge is 2.02. The van der Waals surface area contributed by atoms with Gasteiger partial charge in [-0.1, -0.05) is 11.6 Å². The summed E-state index contributed by atoms with van der Waals surface area (Å²) in [6.07, 6.45) is 0.906. The molecule has 7 heavy (non-hydrogen) atoms. The summed E-state index contributed by atoms with van der Waals surface area (Å²) in [7, 11) is 0. The van der Waals surface area contributed by atoms with E-state index in [0.29, 0.717) is 0 Å². The second kappa shape index (κ2) is 2.19. The molecule has 0 saturated carbocycles. The Bertz CT molecular complexity index is 83.7. The third-order valence-electron chi connectivity index (χ3n) is 0.808. The van der Waals surface area contributed by atoms with Crippen LogP contribution in [0.5, 0.6) is 0 Å². The largest absolute Gasteiger partial charge is 0.276 e. The van der Waals surface area contributed by atoms with Gasteiger partial charge in [0.25, 0.3) is 0 Å². The fraction of sp³-hybridized carbons (Fsp3) is 0.500. The minimum absolute atomic E-state index is 0.735. The maximum Gasteiger partial charge on any atom is 0.0801 e. The van der Waals surface area contributed by atoms with Crippen molar-refractivity contribution in [3.63, 3.8) is 0 Å². The van der Waals surface area contributed by atoms with Crippen molar-refractivity contribution in [1.82, 2.24) is 5.48 Å². The van der Waals surface area contributed by atoms with Crippen molar-refractivity contribution in [2.45, 2.75) is 6.42 Å². The van der Waals surface area contributed by atoms with Crippen molar-refractivity contribution in [2.24, 2.45) is 0 Å². The lowest BCUT2D eigenvalue weighted by Gasteiger charge is -1.88. The molecule has 3 heteroatoms. The molecule has 0 spiro atoms. The van der Waals surface area contributed by atoms with Crippen LogP contribution in [0.1, 0.15) is 6.42 Å². The molecule has 0 aromatic carbocycles. The van der Waals surface area contributed by atoms with Gasteiger partial charge in [0.05, 0.1) is 12.3 Å². The van der Waals surface area contributed by atoms with Crippen LogP contribution >= 0.6 is 11.6 Å². The molecule has 0 amide bonds. The lowest BCUT2D eigenvalue weighted by Crippen LogP contribution is -1.99. The first kappa shape index (κ1) is 4.94. The van der Waals surface area contributed by atoms with Gasteiger partial charge in [0.1, 0.15) is 0 Å². The maximum atomic E-state index is 5.30. The van der Waals surface area contributed by atoms with Gasteiger partial charge >= 0.3 is 0 Å². The second-order valence-electron chi connectivity index (χ2n) is 1.33. The molecule has 2 nitrogen and oxygen atoms in total. The fourth-order valence-electron chi connectivity index (χ4n) is 0.433. The van der Waals surface area contributed by atoms with Crippen LogP contribution in [0.15, 0.2) is 11.2 Å². The Hall–Kier alpha value is -0.210. The first-order chi connectivity index (χ1) is 3.43. The van der Waals surface area contributed by atoms with E-state index >= 15 is 0 Å². The van der Waals surface area contributed by atoms with Gasteiger partial charge in [-0.15, -0.1) is 0 Å². The van der Waals surface area contributed by atoms with Crippen molar-refractivity contribution < 1.29 is 4.84 Å². The highest BCUT2D eigenvalue weighted by Crippen LogP contribution is 2.04. The molecule has 0 atom stereocenters. The van der Waals surface area contributed by atoms with E-state index in [9.17, 15) is 0 Å². The van der Waals surface area contributed by atoms with Crippen molar-refractivity contribution >= 4 is 11.6 Å². The van der Waals surface area contributed by atoms with Gasteiger partial charge in [0, 0.05) is 12.0 Å². The molecule has 1 fully saturated rings. The highest BCUT2D eigenvalue weighted by molar-refractivity contribution is 6.25. The summed E-state index contributed by atoms with van der Waals surface area (Å²) < 4.78 is 0. The molecule has 1 N–H and O–H groups in total. The van der Waals surface area contributed by atoms with E-state index in [2.05, 4.69) is 5.48 Å². The maximum absolute atomic E-state index is 5.30. The summed E-state index contributed by atoms with van der Waals surface area (Å²) in [4.78, 5) is 4.75. The van der Waals surface area contributed by atoms with Crippen LogP contribution in [0.3, 0.4) is 0 Å². The highest BCUT2D eigenvalue weighted by atomic mass is 35.5. The van der Waals surface area contributed by atoms with Gasteiger partial charge < -0.3 is 0 Å². The van der Waals surface area contributed by atoms with Crippen molar-refractivity contribution in [3.8, 4) is 0 Å². The average molecular weight is 120 g/mol. The lowest BCUT2D eigenvalue weighted by atomic mass is 10.4. The molecule has 1 saturated heterocycles. The van der Waals surface area contributed by atoms with Crippen LogP contribution in [-0.2, 0) is 4.84 Å². The van der Waals surface area contributed by atoms with E-state index in [-0.39, 0.29) is 0 Å². The molecule has 0 aromatic heterocycles. The fourth-order valence-corrected chi connectivity index (χ4v) is 0.586. The van der Waals surface area contributed by atoms with E-state index in [1.54, 1.807) is 0 Å². The van der Waals surface area contributed by atoms with Crippen molar-refractivity contribution in [3.05, 3.63) is 11.2 Å². The molecule has 1 heterocycles. The number of hydrogen-bond donors (Lipinski definition) is 1.